The first-order valence-corrected chi connectivity index (χ1v) is 7.67. The highest BCUT2D eigenvalue weighted by molar-refractivity contribution is 5.84. The molecule has 5 heteroatoms. The van der Waals surface area contributed by atoms with Crippen molar-refractivity contribution in [1.29, 1.82) is 0 Å². The van der Waals surface area contributed by atoms with Crippen LogP contribution < -0.4 is 5.32 Å². The van der Waals surface area contributed by atoms with E-state index < -0.39 is 18.2 Å². The molecular formula is C16H27NO4. The maximum Gasteiger partial charge on any atom is 0.335 e. The number of hydrogen-bond acceptors (Lipinski definition) is 4. The molecular weight excluding hydrogens is 270 g/mol. The summed E-state index contributed by atoms with van der Waals surface area (Å²) < 4.78 is 10.3. The smallest absolute Gasteiger partial charge is 0.335 e. The largest absolute Gasteiger partial charge is 0.451 e. The van der Waals surface area contributed by atoms with Crippen LogP contribution in [-0.2, 0) is 19.1 Å². The molecule has 120 valence electrons. The van der Waals surface area contributed by atoms with Crippen LogP contribution in [0.15, 0.2) is 12.7 Å². The van der Waals surface area contributed by atoms with E-state index in [9.17, 15) is 9.59 Å². The van der Waals surface area contributed by atoms with E-state index in [1.807, 2.05) is 0 Å². The van der Waals surface area contributed by atoms with Crippen LogP contribution in [0.2, 0.25) is 0 Å². The Labute approximate surface area is 127 Å². The van der Waals surface area contributed by atoms with E-state index in [1.54, 1.807) is 19.9 Å². The average Bonchev–Trinajstić information content (AvgIpc) is 2.46. The van der Waals surface area contributed by atoms with E-state index in [4.69, 9.17) is 9.47 Å². The van der Waals surface area contributed by atoms with Gasteiger partial charge in [0.15, 0.2) is 12.2 Å². The Morgan fingerprint density at radius 3 is 2.43 bits per heavy atom. The third-order valence-electron chi connectivity index (χ3n) is 3.82. The van der Waals surface area contributed by atoms with E-state index in [0.717, 1.165) is 31.6 Å². The molecule has 0 aliphatic heterocycles. The van der Waals surface area contributed by atoms with E-state index in [2.05, 4.69) is 18.8 Å². The second-order valence-corrected chi connectivity index (χ2v) is 5.81. The molecule has 1 N–H and O–H groups in total. The molecule has 5 nitrogen and oxygen atoms in total. The highest BCUT2D eigenvalue weighted by Gasteiger charge is 2.25. The summed E-state index contributed by atoms with van der Waals surface area (Å²) in [6.45, 7) is 9.19. The summed E-state index contributed by atoms with van der Waals surface area (Å²) in [6.07, 6.45) is 4.31. The maximum absolute atomic E-state index is 12.0. The van der Waals surface area contributed by atoms with Gasteiger partial charge >= 0.3 is 5.97 Å². The molecule has 1 saturated carbocycles. The molecule has 1 aliphatic rings. The van der Waals surface area contributed by atoms with Crippen LogP contribution in [0, 0.1) is 5.92 Å². The van der Waals surface area contributed by atoms with Crippen LogP contribution in [0.25, 0.3) is 0 Å². The lowest BCUT2D eigenvalue weighted by Gasteiger charge is -2.28. The van der Waals surface area contributed by atoms with Gasteiger partial charge < -0.3 is 14.8 Å². The van der Waals surface area contributed by atoms with E-state index in [0.29, 0.717) is 0 Å². The van der Waals surface area contributed by atoms with Gasteiger partial charge in [0, 0.05) is 6.04 Å². The molecule has 0 aromatic heterocycles. The van der Waals surface area contributed by atoms with Crippen molar-refractivity contribution in [1.82, 2.24) is 5.32 Å². The molecule has 0 saturated heterocycles. The molecule has 0 spiro atoms. The molecule has 0 heterocycles. The first kappa shape index (κ1) is 17.7. The van der Waals surface area contributed by atoms with Gasteiger partial charge in [0.2, 0.25) is 0 Å². The Morgan fingerprint density at radius 1 is 1.24 bits per heavy atom. The number of nitrogens with one attached hydrogen (secondary N) is 1. The third-order valence-corrected chi connectivity index (χ3v) is 3.82. The van der Waals surface area contributed by atoms with Gasteiger partial charge in [-0.05, 0) is 45.4 Å². The number of rotatable bonds is 7. The van der Waals surface area contributed by atoms with Crippen molar-refractivity contribution < 1.29 is 19.1 Å². The molecule has 1 fully saturated rings. The molecule has 0 bridgehead atoms. The Kier molecular flexibility index (Phi) is 7.43. The van der Waals surface area contributed by atoms with Crippen molar-refractivity contribution in [2.24, 2.45) is 5.92 Å². The molecule has 1 rings (SSSR count). The van der Waals surface area contributed by atoms with E-state index >= 15 is 0 Å². The summed E-state index contributed by atoms with van der Waals surface area (Å²) >= 11 is 0. The van der Waals surface area contributed by atoms with Crippen molar-refractivity contribution in [2.75, 3.05) is 6.61 Å². The number of carbonyl (C=O) groups excluding carboxylic acids is 2. The molecule has 1 aliphatic carbocycles. The predicted molar refractivity (Wildman–Crippen MR) is 80.7 cm³/mol. The number of ether oxygens (including phenoxy) is 2. The van der Waals surface area contributed by atoms with Gasteiger partial charge in [-0.2, -0.15) is 0 Å². The topological polar surface area (TPSA) is 64.6 Å². The van der Waals surface area contributed by atoms with Crippen LogP contribution >= 0.6 is 0 Å². The van der Waals surface area contributed by atoms with Gasteiger partial charge in [0.25, 0.3) is 5.91 Å². The first-order chi connectivity index (χ1) is 9.93. The molecule has 1 amide bonds. The minimum Gasteiger partial charge on any atom is -0.451 e. The molecule has 0 aromatic rings. The van der Waals surface area contributed by atoms with Crippen LogP contribution in [0.5, 0.6) is 0 Å². The minimum atomic E-state index is -0.799. The maximum atomic E-state index is 12.0. The van der Waals surface area contributed by atoms with Crippen molar-refractivity contribution >= 4 is 11.9 Å². The van der Waals surface area contributed by atoms with Gasteiger partial charge in [-0.25, -0.2) is 4.79 Å². The molecule has 0 aromatic carbocycles. The van der Waals surface area contributed by atoms with Crippen LogP contribution in [0.1, 0.15) is 46.5 Å². The Balaban J connectivity index is 2.33. The Bertz CT molecular complexity index is 361. The summed E-state index contributed by atoms with van der Waals surface area (Å²) in [5.41, 5.74) is 0. The first-order valence-electron chi connectivity index (χ1n) is 7.67. The zero-order valence-corrected chi connectivity index (χ0v) is 13.3. The van der Waals surface area contributed by atoms with Crippen LogP contribution in [-0.4, -0.2) is 36.7 Å². The summed E-state index contributed by atoms with van der Waals surface area (Å²) in [7, 11) is 0. The Hall–Kier alpha value is -1.36. The second kappa shape index (κ2) is 8.82. The van der Waals surface area contributed by atoms with Gasteiger partial charge in [0.05, 0.1) is 6.61 Å². The third kappa shape index (κ3) is 6.29. The molecule has 0 radical (unpaired) electrons. The lowest BCUT2D eigenvalue weighted by atomic mass is 9.87. The zero-order valence-electron chi connectivity index (χ0n) is 13.3. The van der Waals surface area contributed by atoms with Crippen molar-refractivity contribution in [2.45, 2.75) is 64.7 Å². The van der Waals surface area contributed by atoms with E-state index in [-0.39, 0.29) is 18.6 Å². The summed E-state index contributed by atoms with van der Waals surface area (Å²) in [6, 6.07) is 0.198. The zero-order chi connectivity index (χ0) is 15.8. The Morgan fingerprint density at radius 2 is 1.86 bits per heavy atom. The molecule has 21 heavy (non-hydrogen) atoms. The normalized spacial score (nSPS) is 24.7. The summed E-state index contributed by atoms with van der Waals surface area (Å²) in [4.78, 5) is 23.8. The SMILES string of the molecule is C=CCOC(C)C(=O)OC(C)C(=O)NC1CCC(C)CC1. The highest BCUT2D eigenvalue weighted by Crippen LogP contribution is 2.23. The lowest BCUT2D eigenvalue weighted by Crippen LogP contribution is -2.44. The standard InChI is InChI=1S/C16H27NO4/c1-5-10-20-13(4)16(19)21-12(3)15(18)17-14-8-6-11(2)7-9-14/h5,11-14H,1,6-10H2,2-4H3,(H,17,18). The summed E-state index contributed by atoms with van der Waals surface area (Å²) in [5, 5.41) is 2.95. The van der Waals surface area contributed by atoms with Gasteiger partial charge in [-0.15, -0.1) is 6.58 Å². The van der Waals surface area contributed by atoms with Gasteiger partial charge in [-0.3, -0.25) is 4.79 Å². The molecule has 2 atom stereocenters. The fourth-order valence-corrected chi connectivity index (χ4v) is 2.33. The fraction of sp³-hybridized carbons (Fsp3) is 0.750. The van der Waals surface area contributed by atoms with Crippen LogP contribution in [0.4, 0.5) is 0 Å². The highest BCUT2D eigenvalue weighted by atomic mass is 16.6. The predicted octanol–water partition coefficient (Wildman–Crippen LogP) is 2.20. The summed E-state index contributed by atoms with van der Waals surface area (Å²) in [5.74, 6) is -0.0353. The van der Waals surface area contributed by atoms with E-state index in [1.165, 1.54) is 0 Å². The van der Waals surface area contributed by atoms with Crippen molar-refractivity contribution in [3.63, 3.8) is 0 Å². The number of carbonyl (C=O) groups is 2. The fourth-order valence-electron chi connectivity index (χ4n) is 2.33. The van der Waals surface area contributed by atoms with Crippen molar-refractivity contribution in [3.05, 3.63) is 12.7 Å². The number of amides is 1. The number of esters is 1. The van der Waals surface area contributed by atoms with Gasteiger partial charge in [-0.1, -0.05) is 13.0 Å². The second-order valence-electron chi connectivity index (χ2n) is 5.81. The lowest BCUT2D eigenvalue weighted by molar-refractivity contribution is -0.164. The quantitative estimate of drug-likeness (QED) is 0.578. The van der Waals surface area contributed by atoms with Crippen LogP contribution in [0.3, 0.4) is 0 Å². The van der Waals surface area contributed by atoms with Gasteiger partial charge in [0.1, 0.15) is 0 Å². The van der Waals surface area contributed by atoms with Crippen molar-refractivity contribution in [3.8, 4) is 0 Å². The number of hydrogen-bond donors (Lipinski definition) is 1. The average molecular weight is 297 g/mol. The minimum absolute atomic E-state index is 0.198. The monoisotopic (exact) mass is 297 g/mol. The molecule has 2 unspecified atom stereocenters.